The third-order valence-electron chi connectivity index (χ3n) is 3.23. The Labute approximate surface area is 91.5 Å². The van der Waals surface area contributed by atoms with Crippen molar-refractivity contribution in [2.75, 3.05) is 20.2 Å². The number of carbonyl (C=O) groups is 1. The molecule has 0 radical (unpaired) electrons. The molecule has 1 atom stereocenters. The number of nitrogens with one attached hydrogen (secondary N) is 1. The Morgan fingerprint density at radius 1 is 1.60 bits per heavy atom. The molecular formula is C11H22N2O2. The molecule has 4 heteroatoms. The van der Waals surface area contributed by atoms with Crippen molar-refractivity contribution in [3.05, 3.63) is 0 Å². The molecule has 0 bridgehead atoms. The molecular weight excluding hydrogens is 192 g/mol. The van der Waals surface area contributed by atoms with E-state index in [1.54, 1.807) is 7.11 Å². The molecule has 1 aliphatic rings. The molecule has 1 fully saturated rings. The highest BCUT2D eigenvalue weighted by Crippen LogP contribution is 2.43. The largest absolute Gasteiger partial charge is 0.382 e. The second kappa shape index (κ2) is 5.47. The molecule has 0 heterocycles. The van der Waals surface area contributed by atoms with Crippen molar-refractivity contribution in [1.29, 1.82) is 0 Å². The van der Waals surface area contributed by atoms with E-state index >= 15 is 0 Å². The molecule has 0 aromatic rings. The van der Waals surface area contributed by atoms with Gasteiger partial charge in [-0.15, -0.1) is 0 Å². The van der Waals surface area contributed by atoms with Gasteiger partial charge in [-0.1, -0.05) is 0 Å². The first kappa shape index (κ1) is 12.5. The third kappa shape index (κ3) is 4.18. The van der Waals surface area contributed by atoms with Gasteiger partial charge in [0, 0.05) is 20.1 Å². The van der Waals surface area contributed by atoms with Gasteiger partial charge in [-0.3, -0.25) is 4.79 Å². The first-order valence-corrected chi connectivity index (χ1v) is 5.61. The van der Waals surface area contributed by atoms with E-state index < -0.39 is 0 Å². The van der Waals surface area contributed by atoms with E-state index in [1.807, 2.05) is 6.92 Å². The number of ether oxygens (including phenoxy) is 1. The molecule has 1 rings (SSSR count). The number of hydrogen-bond donors (Lipinski definition) is 2. The van der Waals surface area contributed by atoms with Crippen LogP contribution in [0.4, 0.5) is 0 Å². The maximum atomic E-state index is 11.4. The highest BCUT2D eigenvalue weighted by atomic mass is 16.5. The maximum absolute atomic E-state index is 11.4. The Balaban J connectivity index is 2.08. The zero-order valence-corrected chi connectivity index (χ0v) is 9.71. The molecule has 0 aliphatic heterocycles. The fraction of sp³-hybridized carbons (Fsp3) is 0.909. The third-order valence-corrected chi connectivity index (χ3v) is 3.23. The summed E-state index contributed by atoms with van der Waals surface area (Å²) in [5.41, 5.74) is 5.85. The van der Waals surface area contributed by atoms with E-state index in [-0.39, 0.29) is 17.4 Å². The average Bonchev–Trinajstić information content (AvgIpc) is 3.03. The number of methoxy groups -OCH3 is 1. The molecule has 1 saturated carbocycles. The minimum absolute atomic E-state index is 0.110. The van der Waals surface area contributed by atoms with Crippen molar-refractivity contribution < 1.29 is 9.53 Å². The topological polar surface area (TPSA) is 64.3 Å². The van der Waals surface area contributed by atoms with Gasteiger partial charge >= 0.3 is 0 Å². The lowest BCUT2D eigenvalue weighted by Gasteiger charge is -2.14. The van der Waals surface area contributed by atoms with Gasteiger partial charge in [-0.05, 0) is 38.1 Å². The van der Waals surface area contributed by atoms with E-state index in [4.69, 9.17) is 10.5 Å². The minimum Gasteiger partial charge on any atom is -0.382 e. The Hall–Kier alpha value is -0.610. The standard InChI is InChI=1S/C11H22N2O2/c1-9(15-2)3-4-10(14)13-8-11(7-12)5-6-11/h9H,3-8,12H2,1-2H3,(H,13,14). The van der Waals surface area contributed by atoms with Gasteiger partial charge in [0.1, 0.15) is 0 Å². The zero-order chi connectivity index (χ0) is 11.3. The van der Waals surface area contributed by atoms with Gasteiger partial charge in [0.05, 0.1) is 6.10 Å². The molecule has 0 aromatic heterocycles. The smallest absolute Gasteiger partial charge is 0.220 e. The first-order chi connectivity index (χ1) is 7.12. The van der Waals surface area contributed by atoms with Gasteiger partial charge in [-0.2, -0.15) is 0 Å². The minimum atomic E-state index is 0.110. The van der Waals surface area contributed by atoms with E-state index in [1.165, 1.54) is 0 Å². The van der Waals surface area contributed by atoms with E-state index in [9.17, 15) is 4.79 Å². The summed E-state index contributed by atoms with van der Waals surface area (Å²) in [6, 6.07) is 0. The van der Waals surface area contributed by atoms with Gasteiger partial charge in [0.25, 0.3) is 0 Å². The average molecular weight is 214 g/mol. The highest BCUT2D eigenvalue weighted by Gasteiger charge is 2.41. The molecule has 0 aromatic carbocycles. The fourth-order valence-corrected chi connectivity index (χ4v) is 1.46. The molecule has 1 amide bonds. The predicted molar refractivity (Wildman–Crippen MR) is 59.4 cm³/mol. The van der Waals surface area contributed by atoms with E-state index in [2.05, 4.69) is 5.32 Å². The Bertz CT molecular complexity index is 215. The SMILES string of the molecule is COC(C)CCC(=O)NCC1(CN)CC1. The van der Waals surface area contributed by atoms with Gasteiger partial charge in [0.15, 0.2) is 0 Å². The van der Waals surface area contributed by atoms with E-state index in [0.29, 0.717) is 13.0 Å². The molecule has 1 aliphatic carbocycles. The summed E-state index contributed by atoms with van der Waals surface area (Å²) in [6.07, 6.45) is 3.77. The van der Waals surface area contributed by atoms with Gasteiger partial charge in [0.2, 0.25) is 5.91 Å². The zero-order valence-electron chi connectivity index (χ0n) is 9.71. The fourth-order valence-electron chi connectivity index (χ4n) is 1.46. The van der Waals surface area contributed by atoms with Crippen LogP contribution in [0, 0.1) is 5.41 Å². The Morgan fingerprint density at radius 3 is 2.73 bits per heavy atom. The molecule has 88 valence electrons. The monoisotopic (exact) mass is 214 g/mol. The van der Waals surface area contributed by atoms with Crippen molar-refractivity contribution in [3.63, 3.8) is 0 Å². The predicted octanol–water partition coefficient (Wildman–Crippen LogP) is 0.657. The summed E-state index contributed by atoms with van der Waals surface area (Å²) in [5.74, 6) is 0.110. The van der Waals surface area contributed by atoms with Gasteiger partial charge < -0.3 is 15.8 Å². The molecule has 1 unspecified atom stereocenters. The Morgan fingerprint density at radius 2 is 2.27 bits per heavy atom. The molecule has 15 heavy (non-hydrogen) atoms. The number of nitrogens with two attached hydrogens (primary N) is 1. The second-order valence-corrected chi connectivity index (χ2v) is 4.57. The lowest BCUT2D eigenvalue weighted by Crippen LogP contribution is -2.34. The first-order valence-electron chi connectivity index (χ1n) is 5.61. The van der Waals surface area contributed by atoms with Crippen molar-refractivity contribution >= 4 is 5.91 Å². The van der Waals surface area contributed by atoms with Crippen LogP contribution < -0.4 is 11.1 Å². The van der Waals surface area contributed by atoms with Crippen LogP contribution in [0.3, 0.4) is 0 Å². The van der Waals surface area contributed by atoms with Gasteiger partial charge in [-0.25, -0.2) is 0 Å². The molecule has 3 N–H and O–H groups in total. The quantitative estimate of drug-likeness (QED) is 0.654. The highest BCUT2D eigenvalue weighted by molar-refractivity contribution is 5.75. The van der Waals surface area contributed by atoms with Crippen molar-refractivity contribution in [3.8, 4) is 0 Å². The van der Waals surface area contributed by atoms with Crippen LogP contribution in [0.2, 0.25) is 0 Å². The number of hydrogen-bond acceptors (Lipinski definition) is 3. The molecule has 4 nitrogen and oxygen atoms in total. The molecule has 0 spiro atoms. The van der Waals surface area contributed by atoms with Crippen LogP contribution in [0.1, 0.15) is 32.6 Å². The number of carbonyl (C=O) groups excluding carboxylic acids is 1. The normalized spacial score (nSPS) is 19.7. The maximum Gasteiger partial charge on any atom is 0.220 e. The second-order valence-electron chi connectivity index (χ2n) is 4.57. The number of rotatable bonds is 7. The lowest BCUT2D eigenvalue weighted by molar-refractivity contribution is -0.121. The Kier molecular flexibility index (Phi) is 4.54. The number of amides is 1. The van der Waals surface area contributed by atoms with Crippen molar-refractivity contribution in [1.82, 2.24) is 5.32 Å². The van der Waals surface area contributed by atoms with Crippen LogP contribution in [0.5, 0.6) is 0 Å². The summed E-state index contributed by atoms with van der Waals surface area (Å²) in [6.45, 7) is 3.39. The molecule has 0 saturated heterocycles. The summed E-state index contributed by atoms with van der Waals surface area (Å²) >= 11 is 0. The van der Waals surface area contributed by atoms with Crippen LogP contribution >= 0.6 is 0 Å². The summed E-state index contributed by atoms with van der Waals surface area (Å²) in [4.78, 5) is 11.4. The van der Waals surface area contributed by atoms with Crippen LogP contribution in [0.25, 0.3) is 0 Å². The summed E-state index contributed by atoms with van der Waals surface area (Å²) in [5, 5.41) is 2.94. The van der Waals surface area contributed by atoms with Crippen LogP contribution in [0.15, 0.2) is 0 Å². The van der Waals surface area contributed by atoms with Crippen molar-refractivity contribution in [2.45, 2.75) is 38.7 Å². The summed E-state index contributed by atoms with van der Waals surface area (Å²) in [7, 11) is 1.66. The van der Waals surface area contributed by atoms with E-state index in [0.717, 1.165) is 25.8 Å². The summed E-state index contributed by atoms with van der Waals surface area (Å²) < 4.78 is 5.08. The van der Waals surface area contributed by atoms with Crippen LogP contribution in [-0.2, 0) is 9.53 Å². The van der Waals surface area contributed by atoms with Crippen LogP contribution in [-0.4, -0.2) is 32.2 Å². The van der Waals surface area contributed by atoms with Crippen molar-refractivity contribution in [2.24, 2.45) is 11.1 Å². The lowest BCUT2D eigenvalue weighted by atomic mass is 10.1.